The van der Waals surface area contributed by atoms with Crippen molar-refractivity contribution in [2.45, 2.75) is 25.3 Å². The monoisotopic (exact) mass is 297 g/mol. The molecule has 1 aromatic carbocycles. The molecule has 2 aliphatic heterocycles. The Morgan fingerprint density at radius 3 is 3.00 bits per heavy atom. The van der Waals surface area contributed by atoms with Crippen LogP contribution in [0.15, 0.2) is 41.0 Å². The summed E-state index contributed by atoms with van der Waals surface area (Å²) >= 11 is 0. The zero-order chi connectivity index (χ0) is 15.3. The number of hydrogen-bond acceptors (Lipinski definition) is 2. The van der Waals surface area contributed by atoms with Crippen molar-refractivity contribution in [3.05, 3.63) is 53.5 Å². The van der Waals surface area contributed by atoms with Gasteiger partial charge in [0.2, 0.25) is 0 Å². The quantitative estimate of drug-likeness (QED) is 0.868. The minimum Gasteiger partial charge on any atom is -0.459 e. The highest BCUT2D eigenvalue weighted by Crippen LogP contribution is 2.43. The molecule has 0 radical (unpaired) electrons. The summed E-state index contributed by atoms with van der Waals surface area (Å²) in [5.74, 6) is 0.850. The van der Waals surface area contributed by atoms with Crippen molar-refractivity contribution >= 4 is 11.6 Å². The molecular weight excluding hydrogens is 276 g/mol. The standard InChI is InChI=1S/C18H20N2O2/c1-12-5-6-15-13(10-12)14-11-19(2)8-7-16(14)20(15)18(21)17-4-3-9-22-17/h3-6,9-10,14,16H,7-8,11H2,1-2H3/p+1/t14-,16-/m0/s1. The molecule has 1 amide bonds. The number of anilines is 1. The molecule has 1 fully saturated rings. The number of likely N-dealkylation sites (tertiary alicyclic amines) is 1. The fourth-order valence-electron chi connectivity index (χ4n) is 3.98. The topological polar surface area (TPSA) is 37.9 Å². The smallest absolute Gasteiger partial charge is 0.294 e. The van der Waals surface area contributed by atoms with Gasteiger partial charge in [0.05, 0.1) is 38.4 Å². The summed E-state index contributed by atoms with van der Waals surface area (Å²) in [7, 11) is 2.24. The van der Waals surface area contributed by atoms with Gasteiger partial charge in [-0.05, 0) is 30.7 Å². The molecule has 3 heterocycles. The van der Waals surface area contributed by atoms with Crippen LogP contribution >= 0.6 is 0 Å². The molecule has 4 rings (SSSR count). The largest absolute Gasteiger partial charge is 0.459 e. The van der Waals surface area contributed by atoms with E-state index < -0.39 is 0 Å². The summed E-state index contributed by atoms with van der Waals surface area (Å²) in [6, 6.07) is 10.2. The Kier molecular flexibility index (Phi) is 3.08. The molecule has 114 valence electrons. The summed E-state index contributed by atoms with van der Waals surface area (Å²) in [4.78, 5) is 16.4. The Hall–Kier alpha value is -2.07. The average molecular weight is 297 g/mol. The van der Waals surface area contributed by atoms with Gasteiger partial charge < -0.3 is 14.2 Å². The first-order valence-electron chi connectivity index (χ1n) is 7.94. The summed E-state index contributed by atoms with van der Waals surface area (Å²) in [6.07, 6.45) is 2.60. The van der Waals surface area contributed by atoms with Crippen molar-refractivity contribution in [3.63, 3.8) is 0 Å². The zero-order valence-corrected chi connectivity index (χ0v) is 13.0. The maximum absolute atomic E-state index is 12.9. The minimum absolute atomic E-state index is 0.0119. The fourth-order valence-corrected chi connectivity index (χ4v) is 3.98. The third kappa shape index (κ3) is 1.98. The predicted octanol–water partition coefficient (Wildman–Crippen LogP) is 1.62. The van der Waals surface area contributed by atoms with Gasteiger partial charge in [0.25, 0.3) is 5.91 Å². The molecule has 4 nitrogen and oxygen atoms in total. The lowest BCUT2D eigenvalue weighted by Gasteiger charge is -2.34. The van der Waals surface area contributed by atoms with Gasteiger partial charge in [-0.2, -0.15) is 0 Å². The van der Waals surface area contributed by atoms with Gasteiger partial charge in [0.15, 0.2) is 5.76 Å². The highest BCUT2D eigenvalue weighted by atomic mass is 16.3. The molecule has 4 heteroatoms. The van der Waals surface area contributed by atoms with Gasteiger partial charge >= 0.3 is 0 Å². The van der Waals surface area contributed by atoms with E-state index in [-0.39, 0.29) is 11.9 Å². The number of amides is 1. The second-order valence-electron chi connectivity index (χ2n) is 6.59. The second kappa shape index (κ2) is 4.99. The first-order valence-corrected chi connectivity index (χ1v) is 7.94. The van der Waals surface area contributed by atoms with Crippen LogP contribution < -0.4 is 9.80 Å². The Bertz CT molecular complexity index is 708. The highest BCUT2D eigenvalue weighted by Gasteiger charge is 2.46. The average Bonchev–Trinajstić information content (AvgIpc) is 3.13. The molecular formula is C18H21N2O2+. The number of aryl methyl sites for hydroxylation is 1. The summed E-state index contributed by atoms with van der Waals surface area (Å²) < 4.78 is 5.35. The van der Waals surface area contributed by atoms with Crippen molar-refractivity contribution in [1.29, 1.82) is 0 Å². The number of carbonyl (C=O) groups excluding carboxylic acids is 1. The molecule has 0 bridgehead atoms. The lowest BCUT2D eigenvalue weighted by atomic mass is 9.89. The molecule has 22 heavy (non-hydrogen) atoms. The predicted molar refractivity (Wildman–Crippen MR) is 84.5 cm³/mol. The van der Waals surface area contributed by atoms with Crippen LogP contribution in [0.4, 0.5) is 5.69 Å². The van der Waals surface area contributed by atoms with E-state index in [1.807, 2.05) is 4.90 Å². The molecule has 0 saturated carbocycles. The van der Waals surface area contributed by atoms with Crippen molar-refractivity contribution in [2.75, 3.05) is 25.0 Å². The van der Waals surface area contributed by atoms with Crippen LogP contribution in [0, 0.1) is 6.92 Å². The van der Waals surface area contributed by atoms with Crippen LogP contribution in [0.3, 0.4) is 0 Å². The molecule has 0 spiro atoms. The third-order valence-electron chi connectivity index (χ3n) is 5.02. The molecule has 3 atom stereocenters. The number of rotatable bonds is 1. The van der Waals surface area contributed by atoms with Crippen LogP contribution in [0.2, 0.25) is 0 Å². The number of hydrogen-bond donors (Lipinski definition) is 1. The van der Waals surface area contributed by atoms with Gasteiger partial charge in [0.1, 0.15) is 0 Å². The Balaban J connectivity index is 1.80. The number of piperidine rings is 1. The van der Waals surface area contributed by atoms with Crippen LogP contribution in [-0.4, -0.2) is 32.1 Å². The summed E-state index contributed by atoms with van der Waals surface area (Å²) in [5, 5.41) is 0. The number of benzene rings is 1. The second-order valence-corrected chi connectivity index (χ2v) is 6.59. The van der Waals surface area contributed by atoms with Gasteiger partial charge in [-0.25, -0.2) is 0 Å². The Labute approximate surface area is 130 Å². The number of fused-ring (bicyclic) bond motifs is 3. The SMILES string of the molecule is Cc1ccc2c(c1)[C@@H]1C[NH+](C)CC[C@@H]1N2C(=O)c1ccco1. The Morgan fingerprint density at radius 2 is 2.23 bits per heavy atom. The van der Waals surface area contributed by atoms with Gasteiger partial charge in [-0.15, -0.1) is 0 Å². The van der Waals surface area contributed by atoms with Crippen LogP contribution in [-0.2, 0) is 0 Å². The van der Waals surface area contributed by atoms with E-state index in [1.54, 1.807) is 23.3 Å². The normalized spacial score (nSPS) is 26.6. The van der Waals surface area contributed by atoms with Crippen molar-refractivity contribution in [3.8, 4) is 0 Å². The maximum atomic E-state index is 12.9. The molecule has 2 aliphatic rings. The van der Waals surface area contributed by atoms with E-state index >= 15 is 0 Å². The molecule has 2 aromatic rings. The van der Waals surface area contributed by atoms with Crippen molar-refractivity contribution in [1.82, 2.24) is 0 Å². The molecule has 0 aliphatic carbocycles. The van der Waals surface area contributed by atoms with E-state index in [2.05, 4.69) is 32.2 Å². The first kappa shape index (κ1) is 13.6. The third-order valence-corrected chi connectivity index (χ3v) is 5.02. The van der Waals surface area contributed by atoms with Crippen molar-refractivity contribution < 1.29 is 14.1 Å². The van der Waals surface area contributed by atoms with Crippen LogP contribution in [0.1, 0.15) is 34.0 Å². The molecule has 1 aromatic heterocycles. The number of quaternary nitrogens is 1. The van der Waals surface area contributed by atoms with E-state index in [4.69, 9.17) is 4.42 Å². The number of nitrogens with zero attached hydrogens (tertiary/aromatic N) is 1. The molecule has 1 N–H and O–H groups in total. The number of nitrogens with one attached hydrogen (secondary N) is 1. The van der Waals surface area contributed by atoms with Crippen LogP contribution in [0.5, 0.6) is 0 Å². The lowest BCUT2D eigenvalue weighted by Crippen LogP contribution is -3.11. The van der Waals surface area contributed by atoms with E-state index in [9.17, 15) is 4.79 Å². The van der Waals surface area contributed by atoms with Crippen LogP contribution in [0.25, 0.3) is 0 Å². The van der Waals surface area contributed by atoms with Gasteiger partial charge in [-0.1, -0.05) is 17.7 Å². The van der Waals surface area contributed by atoms with E-state index in [1.165, 1.54) is 11.1 Å². The van der Waals surface area contributed by atoms with E-state index in [0.29, 0.717) is 11.7 Å². The number of furan rings is 1. The van der Waals surface area contributed by atoms with Gasteiger partial charge in [-0.3, -0.25) is 4.79 Å². The number of likely N-dealkylation sites (N-methyl/N-ethyl adjacent to an activating group) is 1. The Morgan fingerprint density at radius 1 is 1.36 bits per heavy atom. The van der Waals surface area contributed by atoms with Gasteiger partial charge in [0, 0.05) is 12.1 Å². The maximum Gasteiger partial charge on any atom is 0.294 e. The minimum atomic E-state index is -0.0119. The number of carbonyl (C=O) groups is 1. The first-order chi connectivity index (χ1) is 10.6. The zero-order valence-electron chi connectivity index (χ0n) is 13.0. The molecule has 1 unspecified atom stereocenters. The van der Waals surface area contributed by atoms with Crippen molar-refractivity contribution in [2.24, 2.45) is 0 Å². The highest BCUT2D eigenvalue weighted by molar-refractivity contribution is 6.06. The summed E-state index contributed by atoms with van der Waals surface area (Å²) in [6.45, 7) is 4.31. The summed E-state index contributed by atoms with van der Waals surface area (Å²) in [5.41, 5.74) is 3.65. The fraction of sp³-hybridized carbons (Fsp3) is 0.389. The molecule has 1 saturated heterocycles. The van der Waals surface area contributed by atoms with E-state index in [0.717, 1.165) is 25.2 Å². The lowest BCUT2D eigenvalue weighted by molar-refractivity contribution is -0.886.